The van der Waals surface area contributed by atoms with Gasteiger partial charge in [0, 0.05) is 5.33 Å². The highest BCUT2D eigenvalue weighted by atomic mass is 79.9. The van der Waals surface area contributed by atoms with Crippen LogP contribution in [0.2, 0.25) is 0 Å². The number of rotatable bonds is 3. The third-order valence-corrected chi connectivity index (χ3v) is 3.56. The molecule has 0 aliphatic heterocycles. The fourth-order valence-corrected chi connectivity index (χ4v) is 2.36. The van der Waals surface area contributed by atoms with E-state index in [-0.39, 0.29) is 5.82 Å². The lowest BCUT2D eigenvalue weighted by molar-refractivity contribution is 0.101. The molecule has 0 radical (unpaired) electrons. The van der Waals surface area contributed by atoms with Gasteiger partial charge >= 0.3 is 0 Å². The lowest BCUT2D eigenvalue weighted by atomic mass is 9.92. The molecule has 15 heavy (non-hydrogen) atoms. The van der Waals surface area contributed by atoms with Crippen LogP contribution in [0.4, 0.5) is 13.2 Å². The normalized spacial score (nSPS) is 18.2. The Balaban J connectivity index is 2.44. The molecular formula is C11H10BrF3. The van der Waals surface area contributed by atoms with E-state index >= 15 is 0 Å². The second-order valence-electron chi connectivity index (χ2n) is 3.89. The van der Waals surface area contributed by atoms with Crippen LogP contribution >= 0.6 is 15.9 Å². The zero-order valence-corrected chi connectivity index (χ0v) is 9.53. The summed E-state index contributed by atoms with van der Waals surface area (Å²) in [5, 5.41) is 0.411. The van der Waals surface area contributed by atoms with Gasteiger partial charge < -0.3 is 0 Å². The molecule has 1 fully saturated rings. The van der Waals surface area contributed by atoms with Crippen molar-refractivity contribution in [3.63, 3.8) is 0 Å². The van der Waals surface area contributed by atoms with Crippen LogP contribution < -0.4 is 0 Å². The summed E-state index contributed by atoms with van der Waals surface area (Å²) in [5.41, 5.74) is 0.222. The van der Waals surface area contributed by atoms with Crippen molar-refractivity contribution in [1.29, 1.82) is 0 Å². The first-order valence-electron chi connectivity index (χ1n) is 4.73. The van der Waals surface area contributed by atoms with Crippen molar-refractivity contribution < 1.29 is 13.2 Å². The minimum Gasteiger partial charge on any atom is -0.210 e. The number of halogens is 4. The van der Waals surface area contributed by atoms with E-state index in [9.17, 15) is 13.2 Å². The molecule has 1 aromatic rings. The Morgan fingerprint density at radius 2 is 2.00 bits per heavy atom. The minimum atomic E-state index is -2.36. The zero-order valence-electron chi connectivity index (χ0n) is 7.94. The molecule has 4 heteroatoms. The van der Waals surface area contributed by atoms with Gasteiger partial charge in [0.15, 0.2) is 0 Å². The second-order valence-corrected chi connectivity index (χ2v) is 4.45. The molecule has 2 rings (SSSR count). The Hall–Kier alpha value is -0.510. The molecule has 1 aliphatic carbocycles. The summed E-state index contributed by atoms with van der Waals surface area (Å²) in [4.78, 5) is 0. The van der Waals surface area contributed by atoms with Gasteiger partial charge in [-0.1, -0.05) is 22.0 Å². The fourth-order valence-electron chi connectivity index (χ4n) is 1.90. The van der Waals surface area contributed by atoms with Crippen molar-refractivity contribution in [2.24, 2.45) is 0 Å². The number of hydrogen-bond donors (Lipinski definition) is 0. The van der Waals surface area contributed by atoms with Crippen LogP contribution in [0.25, 0.3) is 0 Å². The standard InChI is InChI=1S/C11H10BrF3/c12-6-7-5-8(13)1-2-9(7)11(3-4-11)10(14)15/h1-2,5,10H,3-4,6H2. The number of hydrogen-bond acceptors (Lipinski definition) is 0. The van der Waals surface area contributed by atoms with Gasteiger partial charge in [-0.2, -0.15) is 0 Å². The molecule has 0 unspecified atom stereocenters. The Kier molecular flexibility index (Phi) is 2.79. The van der Waals surface area contributed by atoms with Crippen LogP contribution in [-0.4, -0.2) is 6.43 Å². The second kappa shape index (κ2) is 3.81. The molecule has 0 nitrogen and oxygen atoms in total. The predicted molar refractivity (Wildman–Crippen MR) is 55.9 cm³/mol. The Morgan fingerprint density at radius 1 is 1.33 bits per heavy atom. The monoisotopic (exact) mass is 278 g/mol. The highest BCUT2D eigenvalue weighted by molar-refractivity contribution is 9.08. The lowest BCUT2D eigenvalue weighted by Crippen LogP contribution is -2.19. The SMILES string of the molecule is Fc1ccc(C2(C(F)F)CC2)c(CBr)c1. The molecule has 1 aromatic carbocycles. The van der Waals surface area contributed by atoms with Crippen molar-refractivity contribution in [2.45, 2.75) is 30.0 Å². The Labute approximate surface area is 94.6 Å². The summed E-state index contributed by atoms with van der Waals surface area (Å²) in [5.74, 6) is -0.377. The predicted octanol–water partition coefficient (Wildman–Crippen LogP) is 4.02. The number of benzene rings is 1. The summed E-state index contributed by atoms with van der Waals surface area (Å²) in [6.45, 7) is 0. The van der Waals surface area contributed by atoms with Gasteiger partial charge in [-0.15, -0.1) is 0 Å². The molecule has 0 aromatic heterocycles. The van der Waals surface area contributed by atoms with Gasteiger partial charge in [-0.3, -0.25) is 0 Å². The van der Waals surface area contributed by atoms with E-state index in [4.69, 9.17) is 0 Å². The van der Waals surface area contributed by atoms with Crippen molar-refractivity contribution in [2.75, 3.05) is 0 Å². The zero-order chi connectivity index (χ0) is 11.1. The molecular weight excluding hydrogens is 269 g/mol. The average Bonchev–Trinajstić information content (AvgIpc) is 2.98. The summed E-state index contributed by atoms with van der Waals surface area (Å²) in [7, 11) is 0. The van der Waals surface area contributed by atoms with Gasteiger partial charge in [0.25, 0.3) is 0 Å². The topological polar surface area (TPSA) is 0 Å². The van der Waals surface area contributed by atoms with Gasteiger partial charge in [0.1, 0.15) is 5.82 Å². The first kappa shape index (κ1) is 11.0. The van der Waals surface area contributed by atoms with Crippen LogP contribution in [0, 0.1) is 5.82 Å². The maximum atomic E-state index is 12.9. The Morgan fingerprint density at radius 3 is 2.47 bits per heavy atom. The van der Waals surface area contributed by atoms with E-state index in [0.29, 0.717) is 29.3 Å². The van der Waals surface area contributed by atoms with Gasteiger partial charge in [-0.25, -0.2) is 13.2 Å². The molecule has 1 aliphatic rings. The van der Waals surface area contributed by atoms with Crippen LogP contribution in [-0.2, 0) is 10.7 Å². The van der Waals surface area contributed by atoms with Crippen LogP contribution in [0.15, 0.2) is 18.2 Å². The first-order valence-corrected chi connectivity index (χ1v) is 5.85. The summed E-state index contributed by atoms with van der Waals surface area (Å²) in [6.07, 6.45) is -1.37. The van der Waals surface area contributed by atoms with E-state index in [2.05, 4.69) is 15.9 Å². The largest absolute Gasteiger partial charge is 0.248 e. The lowest BCUT2D eigenvalue weighted by Gasteiger charge is -2.17. The summed E-state index contributed by atoms with van der Waals surface area (Å²) >= 11 is 3.20. The molecule has 0 saturated heterocycles. The quantitative estimate of drug-likeness (QED) is 0.733. The maximum Gasteiger partial charge on any atom is 0.248 e. The van der Waals surface area contributed by atoms with Gasteiger partial charge in [0.05, 0.1) is 5.41 Å². The molecule has 1 saturated carbocycles. The molecule has 0 amide bonds. The van der Waals surface area contributed by atoms with Crippen LogP contribution in [0.5, 0.6) is 0 Å². The van der Waals surface area contributed by atoms with Crippen LogP contribution in [0.3, 0.4) is 0 Å². The molecule has 82 valence electrons. The average molecular weight is 279 g/mol. The molecule has 0 heterocycles. The third kappa shape index (κ3) is 1.80. The van der Waals surface area contributed by atoms with Gasteiger partial charge in [-0.05, 0) is 36.1 Å². The van der Waals surface area contributed by atoms with Crippen molar-refractivity contribution >= 4 is 15.9 Å². The van der Waals surface area contributed by atoms with Crippen LogP contribution in [0.1, 0.15) is 24.0 Å². The first-order chi connectivity index (χ1) is 7.10. The van der Waals surface area contributed by atoms with Gasteiger partial charge in [0.2, 0.25) is 6.43 Å². The molecule has 0 N–H and O–H groups in total. The smallest absolute Gasteiger partial charge is 0.210 e. The third-order valence-electron chi connectivity index (χ3n) is 2.95. The van der Waals surface area contributed by atoms with Crippen molar-refractivity contribution in [3.8, 4) is 0 Å². The number of alkyl halides is 3. The van der Waals surface area contributed by atoms with E-state index in [1.54, 1.807) is 0 Å². The Bertz CT molecular complexity index is 372. The molecule has 0 bridgehead atoms. The minimum absolute atomic E-state index is 0.377. The maximum absolute atomic E-state index is 12.9. The highest BCUT2D eigenvalue weighted by Crippen LogP contribution is 2.53. The highest BCUT2D eigenvalue weighted by Gasteiger charge is 2.53. The van der Waals surface area contributed by atoms with E-state index in [1.165, 1.54) is 18.2 Å². The van der Waals surface area contributed by atoms with E-state index < -0.39 is 11.8 Å². The fraction of sp³-hybridized carbons (Fsp3) is 0.455. The van der Waals surface area contributed by atoms with E-state index in [1.807, 2.05) is 0 Å². The molecule has 0 spiro atoms. The molecule has 0 atom stereocenters. The summed E-state index contributed by atoms with van der Waals surface area (Å²) in [6, 6.07) is 4.07. The van der Waals surface area contributed by atoms with Crippen molar-refractivity contribution in [3.05, 3.63) is 35.1 Å². The summed E-state index contributed by atoms with van der Waals surface area (Å²) < 4.78 is 38.7. The van der Waals surface area contributed by atoms with E-state index in [0.717, 1.165) is 0 Å². The van der Waals surface area contributed by atoms with Crippen molar-refractivity contribution in [1.82, 2.24) is 0 Å².